The Morgan fingerprint density at radius 2 is 2.06 bits per heavy atom. The van der Waals surface area contributed by atoms with E-state index in [1.807, 2.05) is 20.8 Å². The normalized spacial score (nSPS) is 20.5. The van der Waals surface area contributed by atoms with Gasteiger partial charge >= 0.3 is 0 Å². The van der Waals surface area contributed by atoms with Gasteiger partial charge in [-0.1, -0.05) is 20.8 Å². The van der Waals surface area contributed by atoms with Crippen LogP contribution in [0.1, 0.15) is 33.6 Å². The number of carbonyl (C=O) groups is 2. The van der Waals surface area contributed by atoms with Crippen LogP contribution in [0, 0.1) is 5.41 Å². The van der Waals surface area contributed by atoms with Crippen molar-refractivity contribution in [3.8, 4) is 0 Å². The minimum atomic E-state index is -0.0747. The molecule has 0 spiro atoms. The lowest BCUT2D eigenvalue weighted by atomic mass is 9.92. The van der Waals surface area contributed by atoms with Crippen molar-refractivity contribution in [3.05, 3.63) is 0 Å². The molecule has 1 rings (SSSR count). The molecule has 17 heavy (non-hydrogen) atoms. The predicted molar refractivity (Wildman–Crippen MR) is 66.3 cm³/mol. The molecule has 0 saturated carbocycles. The first-order chi connectivity index (χ1) is 7.78. The Bertz CT molecular complexity index is 297. The maximum absolute atomic E-state index is 11.7. The van der Waals surface area contributed by atoms with E-state index in [1.54, 1.807) is 4.90 Å². The van der Waals surface area contributed by atoms with Crippen LogP contribution in [0.4, 0.5) is 0 Å². The topological polar surface area (TPSA) is 75.4 Å². The standard InChI is InChI=1S/C12H23N3O2/c1-12(2,3)6-10(16)14-7-11(17)15-5-4-9(13)8-15/h9H,4-8,13H2,1-3H3,(H,14,16)/t9-/m1/s1. The van der Waals surface area contributed by atoms with Crippen LogP contribution in [0.3, 0.4) is 0 Å². The summed E-state index contributed by atoms with van der Waals surface area (Å²) in [5.41, 5.74) is 5.67. The summed E-state index contributed by atoms with van der Waals surface area (Å²) in [7, 11) is 0. The molecular formula is C12H23N3O2. The first-order valence-electron chi connectivity index (χ1n) is 6.08. The largest absolute Gasteiger partial charge is 0.347 e. The Labute approximate surface area is 103 Å². The highest BCUT2D eigenvalue weighted by Gasteiger charge is 2.24. The van der Waals surface area contributed by atoms with Crippen molar-refractivity contribution in [2.45, 2.75) is 39.7 Å². The molecule has 1 atom stereocenters. The number of hydrogen-bond acceptors (Lipinski definition) is 3. The SMILES string of the molecule is CC(C)(C)CC(=O)NCC(=O)N1CC[C@@H](N)C1. The van der Waals surface area contributed by atoms with E-state index in [1.165, 1.54) is 0 Å². The molecule has 5 heteroatoms. The fourth-order valence-corrected chi connectivity index (χ4v) is 1.84. The highest BCUT2D eigenvalue weighted by atomic mass is 16.2. The average molecular weight is 241 g/mol. The molecule has 1 saturated heterocycles. The number of likely N-dealkylation sites (tertiary alicyclic amines) is 1. The number of nitrogens with zero attached hydrogens (tertiary/aromatic N) is 1. The summed E-state index contributed by atoms with van der Waals surface area (Å²) in [6, 6.07) is 0.0872. The molecule has 0 aromatic carbocycles. The summed E-state index contributed by atoms with van der Waals surface area (Å²) in [5, 5.41) is 2.66. The summed E-state index contributed by atoms with van der Waals surface area (Å²) in [5.74, 6) is -0.116. The van der Waals surface area contributed by atoms with Gasteiger partial charge in [0.15, 0.2) is 0 Å². The summed E-state index contributed by atoms with van der Waals surface area (Å²) in [6.07, 6.45) is 1.28. The van der Waals surface area contributed by atoms with Gasteiger partial charge in [0.05, 0.1) is 6.54 Å². The Hall–Kier alpha value is -1.10. The van der Waals surface area contributed by atoms with Gasteiger partial charge in [0.1, 0.15) is 0 Å². The molecule has 1 heterocycles. The van der Waals surface area contributed by atoms with E-state index in [-0.39, 0.29) is 29.8 Å². The van der Waals surface area contributed by atoms with E-state index in [0.29, 0.717) is 19.5 Å². The van der Waals surface area contributed by atoms with Gasteiger partial charge in [0.2, 0.25) is 11.8 Å². The van der Waals surface area contributed by atoms with Gasteiger partial charge in [0, 0.05) is 25.6 Å². The lowest BCUT2D eigenvalue weighted by molar-refractivity contribution is -0.132. The molecule has 0 bridgehead atoms. The van der Waals surface area contributed by atoms with Gasteiger partial charge in [-0.25, -0.2) is 0 Å². The van der Waals surface area contributed by atoms with E-state index in [4.69, 9.17) is 5.73 Å². The van der Waals surface area contributed by atoms with Gasteiger partial charge in [-0.3, -0.25) is 9.59 Å². The van der Waals surface area contributed by atoms with Crippen molar-refractivity contribution >= 4 is 11.8 Å². The minimum absolute atomic E-state index is 0.0415. The van der Waals surface area contributed by atoms with Crippen molar-refractivity contribution in [2.24, 2.45) is 11.1 Å². The minimum Gasteiger partial charge on any atom is -0.347 e. The summed E-state index contributed by atoms with van der Waals surface area (Å²) >= 11 is 0. The van der Waals surface area contributed by atoms with Crippen LogP contribution in [0.15, 0.2) is 0 Å². The Morgan fingerprint density at radius 1 is 1.41 bits per heavy atom. The second-order valence-electron chi connectivity index (χ2n) is 5.90. The molecule has 1 aliphatic rings. The summed E-state index contributed by atoms with van der Waals surface area (Å²) in [4.78, 5) is 25.0. The molecule has 5 nitrogen and oxygen atoms in total. The van der Waals surface area contributed by atoms with Crippen LogP contribution in [0.25, 0.3) is 0 Å². The number of amides is 2. The predicted octanol–water partition coefficient (Wildman–Crippen LogP) is 0.0984. The molecule has 98 valence electrons. The number of carbonyl (C=O) groups excluding carboxylic acids is 2. The summed E-state index contributed by atoms with van der Waals surface area (Å²) < 4.78 is 0. The maximum atomic E-state index is 11.7. The molecule has 0 radical (unpaired) electrons. The van der Waals surface area contributed by atoms with Crippen molar-refractivity contribution in [3.63, 3.8) is 0 Å². The van der Waals surface area contributed by atoms with E-state index in [9.17, 15) is 9.59 Å². The highest BCUT2D eigenvalue weighted by Crippen LogP contribution is 2.17. The van der Waals surface area contributed by atoms with Gasteiger partial charge in [-0.2, -0.15) is 0 Å². The molecule has 0 aliphatic carbocycles. The third-order valence-electron chi connectivity index (χ3n) is 2.71. The third-order valence-corrected chi connectivity index (χ3v) is 2.71. The molecule has 1 fully saturated rings. The van der Waals surface area contributed by atoms with Crippen LogP contribution in [0.5, 0.6) is 0 Å². The van der Waals surface area contributed by atoms with Crippen molar-refractivity contribution < 1.29 is 9.59 Å². The zero-order valence-electron chi connectivity index (χ0n) is 11.0. The molecule has 3 N–H and O–H groups in total. The quantitative estimate of drug-likeness (QED) is 0.735. The van der Waals surface area contributed by atoms with Crippen molar-refractivity contribution in [1.82, 2.24) is 10.2 Å². The van der Waals surface area contributed by atoms with E-state index >= 15 is 0 Å². The Morgan fingerprint density at radius 3 is 2.53 bits per heavy atom. The zero-order chi connectivity index (χ0) is 13.1. The Kier molecular flexibility index (Phi) is 4.51. The smallest absolute Gasteiger partial charge is 0.242 e. The second kappa shape index (κ2) is 5.49. The van der Waals surface area contributed by atoms with Gasteiger partial charge in [-0.05, 0) is 11.8 Å². The summed E-state index contributed by atoms with van der Waals surface area (Å²) in [6.45, 7) is 7.38. The molecule has 1 aliphatic heterocycles. The number of nitrogens with one attached hydrogen (secondary N) is 1. The third kappa shape index (κ3) is 5.17. The number of nitrogens with two attached hydrogens (primary N) is 1. The Balaban J connectivity index is 2.26. The lowest BCUT2D eigenvalue weighted by Gasteiger charge is -2.19. The van der Waals surface area contributed by atoms with Crippen LogP contribution in [-0.2, 0) is 9.59 Å². The molecular weight excluding hydrogens is 218 g/mol. The van der Waals surface area contributed by atoms with Crippen LogP contribution >= 0.6 is 0 Å². The molecule has 2 amide bonds. The maximum Gasteiger partial charge on any atom is 0.242 e. The van der Waals surface area contributed by atoms with Crippen LogP contribution in [0.2, 0.25) is 0 Å². The monoisotopic (exact) mass is 241 g/mol. The fraction of sp³-hybridized carbons (Fsp3) is 0.833. The van der Waals surface area contributed by atoms with Crippen molar-refractivity contribution in [1.29, 1.82) is 0 Å². The molecule has 0 unspecified atom stereocenters. The van der Waals surface area contributed by atoms with Crippen LogP contribution in [-0.4, -0.2) is 42.4 Å². The fourth-order valence-electron chi connectivity index (χ4n) is 1.84. The molecule has 0 aromatic heterocycles. The lowest BCUT2D eigenvalue weighted by Crippen LogP contribution is -2.40. The first-order valence-corrected chi connectivity index (χ1v) is 6.08. The van der Waals surface area contributed by atoms with E-state index in [2.05, 4.69) is 5.32 Å². The van der Waals surface area contributed by atoms with E-state index in [0.717, 1.165) is 6.42 Å². The van der Waals surface area contributed by atoms with Crippen molar-refractivity contribution in [2.75, 3.05) is 19.6 Å². The van der Waals surface area contributed by atoms with Crippen LogP contribution < -0.4 is 11.1 Å². The van der Waals surface area contributed by atoms with Gasteiger partial charge < -0.3 is 16.0 Å². The highest BCUT2D eigenvalue weighted by molar-refractivity contribution is 5.85. The van der Waals surface area contributed by atoms with Gasteiger partial charge in [-0.15, -0.1) is 0 Å². The second-order valence-corrected chi connectivity index (χ2v) is 5.90. The number of rotatable bonds is 3. The first kappa shape index (κ1) is 14.0. The molecule has 0 aromatic rings. The number of hydrogen-bond donors (Lipinski definition) is 2. The van der Waals surface area contributed by atoms with E-state index < -0.39 is 0 Å². The zero-order valence-corrected chi connectivity index (χ0v) is 11.0. The average Bonchev–Trinajstić information content (AvgIpc) is 2.58. The van der Waals surface area contributed by atoms with Gasteiger partial charge in [0.25, 0.3) is 0 Å².